The molecule has 0 saturated carbocycles. The van der Waals surface area contributed by atoms with Crippen LogP contribution in [0.5, 0.6) is 0 Å². The maximum Gasteiger partial charge on any atom is 0.331 e. The molecule has 5 nitrogen and oxygen atoms in total. The van der Waals surface area contributed by atoms with Gasteiger partial charge < -0.3 is 9.47 Å². The van der Waals surface area contributed by atoms with E-state index in [-0.39, 0.29) is 0 Å². The van der Waals surface area contributed by atoms with Gasteiger partial charge in [-0.1, -0.05) is 0 Å². The van der Waals surface area contributed by atoms with Gasteiger partial charge in [-0.05, 0) is 0 Å². The molecular weight excluding hydrogens is 160 g/mol. The summed E-state index contributed by atoms with van der Waals surface area (Å²) in [6.45, 7) is 0. The lowest BCUT2D eigenvalue weighted by molar-refractivity contribution is 0.270. The van der Waals surface area contributed by atoms with Gasteiger partial charge in [-0.2, -0.15) is 8.42 Å². The van der Waals surface area contributed by atoms with Crippen LogP contribution in [0.15, 0.2) is 23.9 Å². The highest BCUT2D eigenvalue weighted by Crippen LogP contribution is 2.10. The largest absolute Gasteiger partial charge is 0.465 e. The van der Waals surface area contributed by atoms with Gasteiger partial charge in [0.05, 0.1) is 0 Å². The molecule has 1 aliphatic rings. The Bertz CT molecular complexity index is 272. The zero-order chi connectivity index (χ0) is 7.61. The van der Waals surface area contributed by atoms with Crippen molar-refractivity contribution in [3.63, 3.8) is 0 Å². The van der Waals surface area contributed by atoms with E-state index in [0.717, 1.165) is 18.8 Å². The van der Waals surface area contributed by atoms with Crippen LogP contribution in [0, 0.1) is 0 Å². The zero-order valence-electron chi connectivity index (χ0n) is 4.72. The Balaban J connectivity index is 2.86. The molecule has 0 radical (unpaired) electrons. The van der Waals surface area contributed by atoms with E-state index in [1.165, 1.54) is 0 Å². The molecular formula is C4H4O5S. The molecule has 6 heteroatoms. The molecule has 0 aliphatic carbocycles. The molecule has 0 atom stereocenters. The first-order chi connectivity index (χ1) is 4.61. The van der Waals surface area contributed by atoms with E-state index in [4.69, 9.17) is 4.55 Å². The van der Waals surface area contributed by atoms with Crippen molar-refractivity contribution in [1.82, 2.24) is 0 Å². The third kappa shape index (κ3) is 1.49. The average molecular weight is 164 g/mol. The lowest BCUT2D eigenvalue weighted by atomic mass is 10.9. The number of rotatable bonds is 1. The van der Waals surface area contributed by atoms with Gasteiger partial charge in [0.15, 0.2) is 0 Å². The fourth-order valence-electron chi connectivity index (χ4n) is 0.371. The highest BCUT2D eigenvalue weighted by molar-refractivity contribution is 7.89. The Labute approximate surface area is 57.3 Å². The minimum absolute atomic E-state index is 0.616. The van der Waals surface area contributed by atoms with E-state index in [1.807, 2.05) is 0 Å². The van der Waals surface area contributed by atoms with Crippen molar-refractivity contribution in [2.24, 2.45) is 0 Å². The van der Waals surface area contributed by atoms with Crippen molar-refractivity contribution in [3.8, 4) is 0 Å². The van der Waals surface area contributed by atoms with E-state index >= 15 is 0 Å². The summed E-state index contributed by atoms with van der Waals surface area (Å²) in [5, 5.41) is -0.616. The second-order valence-electron chi connectivity index (χ2n) is 1.44. The molecule has 1 heterocycles. The molecule has 0 bridgehead atoms. The molecule has 0 unspecified atom stereocenters. The Kier molecular flexibility index (Phi) is 1.64. The number of hydrogen-bond acceptors (Lipinski definition) is 4. The minimum Gasteiger partial charge on any atom is -0.465 e. The summed E-state index contributed by atoms with van der Waals surface area (Å²) in [6, 6.07) is 0. The topological polar surface area (TPSA) is 72.8 Å². The van der Waals surface area contributed by atoms with E-state index in [0.29, 0.717) is 0 Å². The average Bonchev–Trinajstić information content (AvgIpc) is 1.88. The summed E-state index contributed by atoms with van der Waals surface area (Å²) in [5.74, 6) is 0. The van der Waals surface area contributed by atoms with Crippen LogP contribution in [-0.2, 0) is 19.6 Å². The van der Waals surface area contributed by atoms with Crippen molar-refractivity contribution in [2.45, 2.75) is 0 Å². The predicted molar refractivity (Wildman–Crippen MR) is 30.9 cm³/mol. The van der Waals surface area contributed by atoms with Crippen LogP contribution in [0.1, 0.15) is 0 Å². The molecule has 1 rings (SSSR count). The lowest BCUT2D eigenvalue weighted by Crippen LogP contribution is -2.05. The van der Waals surface area contributed by atoms with E-state index in [9.17, 15) is 8.42 Å². The standard InChI is InChI=1S/C4H4O5S/c5-10(6,7)4-3-8-1-2-9-4/h1-3H,(H,5,6,7). The van der Waals surface area contributed by atoms with Crippen LogP contribution >= 0.6 is 0 Å². The van der Waals surface area contributed by atoms with Gasteiger partial charge in [0, 0.05) is 0 Å². The van der Waals surface area contributed by atoms with Crippen molar-refractivity contribution < 1.29 is 22.4 Å². The van der Waals surface area contributed by atoms with Crippen LogP contribution in [0.4, 0.5) is 0 Å². The highest BCUT2D eigenvalue weighted by Gasteiger charge is 2.16. The Morgan fingerprint density at radius 2 is 2.10 bits per heavy atom. The molecule has 1 aliphatic heterocycles. The highest BCUT2D eigenvalue weighted by atomic mass is 32.2. The molecule has 0 spiro atoms. The molecule has 10 heavy (non-hydrogen) atoms. The molecule has 0 saturated heterocycles. The summed E-state index contributed by atoms with van der Waals surface area (Å²) < 4.78 is 37.5. The molecule has 56 valence electrons. The smallest absolute Gasteiger partial charge is 0.331 e. The first kappa shape index (κ1) is 7.10. The zero-order valence-corrected chi connectivity index (χ0v) is 5.54. The summed E-state index contributed by atoms with van der Waals surface area (Å²) >= 11 is 0. The maximum atomic E-state index is 10.2. The second kappa shape index (κ2) is 2.31. The molecule has 0 amide bonds. The minimum atomic E-state index is -4.26. The monoisotopic (exact) mass is 164 g/mol. The lowest BCUT2D eigenvalue weighted by Gasteiger charge is -2.04. The van der Waals surface area contributed by atoms with Gasteiger partial charge in [-0.3, -0.25) is 4.55 Å². The quantitative estimate of drug-likeness (QED) is 0.560. The SMILES string of the molecule is O=S(=O)(O)C1=COC=CO1. The molecule has 0 aromatic carbocycles. The van der Waals surface area contributed by atoms with Crippen molar-refractivity contribution >= 4 is 10.1 Å². The Hall–Kier alpha value is -1.01. The molecule has 1 N–H and O–H groups in total. The van der Waals surface area contributed by atoms with Crippen LogP contribution in [0.2, 0.25) is 0 Å². The van der Waals surface area contributed by atoms with Crippen LogP contribution < -0.4 is 0 Å². The van der Waals surface area contributed by atoms with Gasteiger partial charge in [-0.15, -0.1) is 0 Å². The van der Waals surface area contributed by atoms with E-state index < -0.39 is 15.2 Å². The van der Waals surface area contributed by atoms with E-state index in [2.05, 4.69) is 9.47 Å². The first-order valence-corrected chi connectivity index (χ1v) is 3.69. The maximum absolute atomic E-state index is 10.2. The second-order valence-corrected chi connectivity index (χ2v) is 2.79. The number of hydrogen-bond donors (Lipinski definition) is 1. The van der Waals surface area contributed by atoms with Crippen LogP contribution in [0.25, 0.3) is 0 Å². The third-order valence-corrected chi connectivity index (χ3v) is 1.44. The summed E-state index contributed by atoms with van der Waals surface area (Å²) in [7, 11) is -4.26. The molecule has 0 fully saturated rings. The van der Waals surface area contributed by atoms with E-state index in [1.54, 1.807) is 0 Å². The van der Waals surface area contributed by atoms with Gasteiger partial charge in [-0.25, -0.2) is 0 Å². The Morgan fingerprint density at radius 3 is 2.40 bits per heavy atom. The summed E-state index contributed by atoms with van der Waals surface area (Å²) in [4.78, 5) is 0. The summed E-state index contributed by atoms with van der Waals surface area (Å²) in [6.07, 6.45) is 2.92. The third-order valence-electron chi connectivity index (χ3n) is 0.737. The van der Waals surface area contributed by atoms with Crippen LogP contribution in [0.3, 0.4) is 0 Å². The molecule has 0 aromatic heterocycles. The van der Waals surface area contributed by atoms with Crippen molar-refractivity contribution in [1.29, 1.82) is 0 Å². The normalized spacial score (nSPS) is 17.1. The fraction of sp³-hybridized carbons (Fsp3) is 0. The van der Waals surface area contributed by atoms with Crippen molar-refractivity contribution in [3.05, 3.63) is 23.9 Å². The molecule has 0 aromatic rings. The Morgan fingerprint density at radius 1 is 1.40 bits per heavy atom. The van der Waals surface area contributed by atoms with Crippen molar-refractivity contribution in [2.75, 3.05) is 0 Å². The van der Waals surface area contributed by atoms with Crippen LogP contribution in [-0.4, -0.2) is 13.0 Å². The van der Waals surface area contributed by atoms with Gasteiger partial charge >= 0.3 is 10.1 Å². The first-order valence-electron chi connectivity index (χ1n) is 2.25. The number of ether oxygens (including phenoxy) is 2. The fourth-order valence-corrected chi connectivity index (χ4v) is 0.725. The predicted octanol–water partition coefficient (Wildman–Crippen LogP) is 0.191. The van der Waals surface area contributed by atoms with Gasteiger partial charge in [0.1, 0.15) is 18.8 Å². The van der Waals surface area contributed by atoms with Gasteiger partial charge in [0.25, 0.3) is 5.09 Å². The van der Waals surface area contributed by atoms with Gasteiger partial charge in [0.2, 0.25) is 0 Å². The summed E-state index contributed by atoms with van der Waals surface area (Å²) in [5.41, 5.74) is 0.